The number of rotatable bonds is 3. The van der Waals surface area contributed by atoms with Crippen molar-refractivity contribution in [2.45, 2.75) is 6.18 Å². The number of nitriles is 1. The number of hydrogen-bond donors (Lipinski definition) is 0. The first-order valence-corrected chi connectivity index (χ1v) is 5.76. The molecule has 3 nitrogen and oxygen atoms in total. The summed E-state index contributed by atoms with van der Waals surface area (Å²) < 4.78 is 42.7. The predicted octanol–water partition coefficient (Wildman–Crippen LogP) is 3.16. The fraction of sp³-hybridized carbons (Fsp3) is 0.273. The fourth-order valence-corrected chi connectivity index (χ4v) is 1.74. The van der Waals surface area contributed by atoms with Gasteiger partial charge in [-0.05, 0) is 12.1 Å². The van der Waals surface area contributed by atoms with Crippen LogP contribution in [0.5, 0.6) is 5.75 Å². The first-order valence-electron chi connectivity index (χ1n) is 4.64. The normalized spacial score (nSPS) is 10.9. The zero-order valence-electron chi connectivity index (χ0n) is 9.14. The minimum absolute atomic E-state index is 0.0871. The highest BCUT2D eigenvalue weighted by Gasteiger charge is 2.36. The zero-order chi connectivity index (χ0) is 13.9. The molecule has 0 bridgehead atoms. The Bertz CT molecular complexity index is 520. The second-order valence-corrected chi connectivity index (χ2v) is 3.80. The molecular weight excluding hydrogens is 315 g/mol. The van der Waals surface area contributed by atoms with E-state index in [1.54, 1.807) is 6.07 Å². The van der Waals surface area contributed by atoms with Crippen LogP contribution in [-0.2, 0) is 6.18 Å². The fourth-order valence-electron chi connectivity index (χ4n) is 1.43. The maximum atomic E-state index is 12.7. The molecular formula is C11H7BrF3NO2. The number of hydrogen-bond acceptors (Lipinski definition) is 3. The predicted molar refractivity (Wildman–Crippen MR) is 60.8 cm³/mol. The van der Waals surface area contributed by atoms with Gasteiger partial charge in [0.15, 0.2) is 5.78 Å². The Hall–Kier alpha value is -1.55. The Labute approximate surface area is 109 Å². The van der Waals surface area contributed by atoms with E-state index in [2.05, 4.69) is 20.7 Å². The van der Waals surface area contributed by atoms with Crippen LogP contribution in [0.2, 0.25) is 0 Å². The van der Waals surface area contributed by atoms with E-state index in [-0.39, 0.29) is 10.9 Å². The van der Waals surface area contributed by atoms with Crippen LogP contribution in [0.1, 0.15) is 21.5 Å². The second-order valence-electron chi connectivity index (χ2n) is 3.24. The summed E-state index contributed by atoms with van der Waals surface area (Å²) >= 11 is 2.90. The highest BCUT2D eigenvalue weighted by Crippen LogP contribution is 2.39. The molecule has 0 aliphatic rings. The molecule has 1 aromatic rings. The number of ether oxygens (including phenoxy) is 1. The van der Waals surface area contributed by atoms with Gasteiger partial charge in [0.05, 0.1) is 18.0 Å². The smallest absolute Gasteiger partial charge is 0.420 e. The molecule has 0 amide bonds. The van der Waals surface area contributed by atoms with Crippen molar-refractivity contribution in [3.63, 3.8) is 0 Å². The maximum absolute atomic E-state index is 12.7. The van der Waals surface area contributed by atoms with Gasteiger partial charge < -0.3 is 4.74 Å². The van der Waals surface area contributed by atoms with Crippen molar-refractivity contribution in [3.8, 4) is 11.8 Å². The summed E-state index contributed by atoms with van der Waals surface area (Å²) in [5.74, 6) is -1.12. The Morgan fingerprint density at radius 2 is 2.11 bits per heavy atom. The van der Waals surface area contributed by atoms with Crippen LogP contribution < -0.4 is 4.74 Å². The van der Waals surface area contributed by atoms with Crippen molar-refractivity contribution in [1.82, 2.24) is 0 Å². The monoisotopic (exact) mass is 321 g/mol. The molecule has 7 heteroatoms. The SMILES string of the molecule is COc1c(C(F)(F)F)ccc(C(=O)CBr)c1C#N. The zero-order valence-corrected chi connectivity index (χ0v) is 10.7. The average Bonchev–Trinajstić information content (AvgIpc) is 2.34. The minimum Gasteiger partial charge on any atom is -0.495 e. The first kappa shape index (κ1) is 14.5. The van der Waals surface area contributed by atoms with E-state index in [0.29, 0.717) is 0 Å². The quantitative estimate of drug-likeness (QED) is 0.634. The molecule has 96 valence electrons. The maximum Gasteiger partial charge on any atom is 0.420 e. The third-order valence-corrected chi connectivity index (χ3v) is 2.71. The number of halogens is 4. The third-order valence-electron chi connectivity index (χ3n) is 2.20. The number of benzene rings is 1. The van der Waals surface area contributed by atoms with Crippen molar-refractivity contribution in [1.29, 1.82) is 5.26 Å². The van der Waals surface area contributed by atoms with Crippen molar-refractivity contribution < 1.29 is 22.7 Å². The molecule has 0 radical (unpaired) electrons. The standard InChI is InChI=1S/C11H7BrF3NO2/c1-18-10-7(5-16)6(9(17)4-12)2-3-8(10)11(13,14)15/h2-3H,4H2,1H3. The van der Waals surface area contributed by atoms with Crippen LogP contribution in [0.25, 0.3) is 0 Å². The van der Waals surface area contributed by atoms with E-state index in [4.69, 9.17) is 5.26 Å². The molecule has 0 saturated heterocycles. The van der Waals surface area contributed by atoms with Gasteiger partial charge in [-0.3, -0.25) is 4.79 Å². The molecule has 0 saturated carbocycles. The van der Waals surface area contributed by atoms with E-state index >= 15 is 0 Å². The molecule has 0 heterocycles. The van der Waals surface area contributed by atoms with Gasteiger partial charge in [-0.2, -0.15) is 18.4 Å². The van der Waals surface area contributed by atoms with Gasteiger partial charge >= 0.3 is 6.18 Å². The van der Waals surface area contributed by atoms with E-state index in [0.717, 1.165) is 19.2 Å². The van der Waals surface area contributed by atoms with Crippen LogP contribution in [0.15, 0.2) is 12.1 Å². The van der Waals surface area contributed by atoms with Crippen molar-refractivity contribution in [2.75, 3.05) is 12.4 Å². The van der Waals surface area contributed by atoms with Crippen molar-refractivity contribution in [2.24, 2.45) is 0 Å². The van der Waals surface area contributed by atoms with Crippen LogP contribution in [0.3, 0.4) is 0 Å². The second kappa shape index (κ2) is 5.40. The summed E-state index contributed by atoms with van der Waals surface area (Å²) in [6.45, 7) is 0. The summed E-state index contributed by atoms with van der Waals surface area (Å²) in [5.41, 5.74) is -1.58. The van der Waals surface area contributed by atoms with Gasteiger partial charge in [-0.25, -0.2) is 0 Å². The van der Waals surface area contributed by atoms with Gasteiger partial charge in [-0.15, -0.1) is 0 Å². The lowest BCUT2D eigenvalue weighted by atomic mass is 10.00. The summed E-state index contributed by atoms with van der Waals surface area (Å²) in [7, 11) is 1.02. The highest BCUT2D eigenvalue weighted by atomic mass is 79.9. The third kappa shape index (κ3) is 2.64. The van der Waals surface area contributed by atoms with Crippen molar-refractivity contribution in [3.05, 3.63) is 28.8 Å². The minimum atomic E-state index is -4.65. The molecule has 1 aromatic carbocycles. The van der Waals surface area contributed by atoms with Gasteiger partial charge in [0.1, 0.15) is 17.4 Å². The lowest BCUT2D eigenvalue weighted by Gasteiger charge is -2.14. The first-order chi connectivity index (χ1) is 8.36. The molecule has 0 aliphatic carbocycles. The molecule has 0 aliphatic heterocycles. The molecule has 0 unspecified atom stereocenters. The highest BCUT2D eigenvalue weighted by molar-refractivity contribution is 9.09. The molecule has 0 aromatic heterocycles. The summed E-state index contributed by atoms with van der Waals surface area (Å²) in [6, 6.07) is 3.29. The number of carbonyl (C=O) groups is 1. The lowest BCUT2D eigenvalue weighted by Crippen LogP contribution is -2.12. The van der Waals surface area contributed by atoms with Crippen LogP contribution in [-0.4, -0.2) is 18.2 Å². The van der Waals surface area contributed by atoms with Gasteiger partial charge in [0.25, 0.3) is 0 Å². The van der Waals surface area contributed by atoms with Crippen LogP contribution in [0.4, 0.5) is 13.2 Å². The number of nitrogens with zero attached hydrogens (tertiary/aromatic N) is 1. The molecule has 0 spiro atoms. The van der Waals surface area contributed by atoms with Gasteiger partial charge in [0.2, 0.25) is 0 Å². The van der Waals surface area contributed by atoms with Crippen LogP contribution >= 0.6 is 15.9 Å². The number of alkyl halides is 4. The Kier molecular flexibility index (Phi) is 4.35. The largest absolute Gasteiger partial charge is 0.495 e. The topological polar surface area (TPSA) is 50.1 Å². The number of methoxy groups -OCH3 is 1. The summed E-state index contributed by atoms with van der Waals surface area (Å²) in [6.07, 6.45) is -4.65. The Morgan fingerprint density at radius 3 is 2.50 bits per heavy atom. The average molecular weight is 322 g/mol. The lowest BCUT2D eigenvalue weighted by molar-refractivity contribution is -0.138. The van der Waals surface area contributed by atoms with E-state index < -0.39 is 28.8 Å². The summed E-state index contributed by atoms with van der Waals surface area (Å²) in [4.78, 5) is 11.5. The molecule has 0 atom stereocenters. The van der Waals surface area contributed by atoms with Gasteiger partial charge in [0, 0.05) is 5.56 Å². The molecule has 18 heavy (non-hydrogen) atoms. The van der Waals surface area contributed by atoms with Crippen molar-refractivity contribution >= 4 is 21.7 Å². The molecule has 0 N–H and O–H groups in total. The van der Waals surface area contributed by atoms with Gasteiger partial charge in [-0.1, -0.05) is 15.9 Å². The number of carbonyl (C=O) groups excluding carboxylic acids is 1. The van der Waals surface area contributed by atoms with Crippen LogP contribution in [0, 0.1) is 11.3 Å². The molecule has 0 fully saturated rings. The van der Waals surface area contributed by atoms with E-state index in [1.165, 1.54) is 0 Å². The number of ketones is 1. The Balaban J connectivity index is 3.58. The number of Topliss-reactive ketones (excluding diaryl/α,β-unsaturated/α-hetero) is 1. The van der Waals surface area contributed by atoms with E-state index in [1.807, 2.05) is 0 Å². The summed E-state index contributed by atoms with van der Waals surface area (Å²) in [5, 5.41) is 8.81. The molecule has 1 rings (SSSR count). The van der Waals surface area contributed by atoms with E-state index in [9.17, 15) is 18.0 Å². The Morgan fingerprint density at radius 1 is 1.50 bits per heavy atom.